The summed E-state index contributed by atoms with van der Waals surface area (Å²) in [6, 6.07) is 0. The summed E-state index contributed by atoms with van der Waals surface area (Å²) in [4.78, 5) is 12.1. The summed E-state index contributed by atoms with van der Waals surface area (Å²) in [6.45, 7) is 0.693. The molecule has 1 N–H and O–H groups in total. The Morgan fingerprint density at radius 3 is 3.00 bits per heavy atom. The van der Waals surface area contributed by atoms with E-state index in [2.05, 4.69) is 25.4 Å². The summed E-state index contributed by atoms with van der Waals surface area (Å²) in [5.41, 5.74) is 0. The highest BCUT2D eigenvalue weighted by atomic mass is 35.5. The monoisotopic (exact) mass is 238 g/mol. The van der Waals surface area contributed by atoms with Crippen molar-refractivity contribution in [2.75, 3.05) is 11.9 Å². The van der Waals surface area contributed by atoms with Crippen LogP contribution in [0.25, 0.3) is 0 Å². The largest absolute Gasteiger partial charge is 0.368 e. The number of halogens is 1. The molecular weight excluding hydrogens is 228 g/mol. The maximum atomic E-state index is 5.70. The lowest BCUT2D eigenvalue weighted by Crippen LogP contribution is -2.08. The molecule has 0 aliphatic carbocycles. The highest BCUT2D eigenvalue weighted by Crippen LogP contribution is 2.06. The molecule has 0 fully saturated rings. The van der Waals surface area contributed by atoms with Gasteiger partial charge in [0, 0.05) is 20.0 Å². The van der Waals surface area contributed by atoms with Crippen LogP contribution in [0.3, 0.4) is 0 Å². The van der Waals surface area contributed by atoms with Crippen LogP contribution in [0.2, 0.25) is 5.15 Å². The summed E-state index contributed by atoms with van der Waals surface area (Å²) in [5, 5.41) is 7.63. The molecule has 6 nitrogen and oxygen atoms in total. The van der Waals surface area contributed by atoms with Crippen LogP contribution >= 0.6 is 11.6 Å². The first-order valence-electron chi connectivity index (χ1n) is 4.80. The van der Waals surface area contributed by atoms with Crippen molar-refractivity contribution in [1.29, 1.82) is 0 Å². The number of nitrogens with zero attached hydrogens (tertiary/aromatic N) is 5. The average Bonchev–Trinajstić information content (AvgIpc) is 2.64. The fourth-order valence-corrected chi connectivity index (χ4v) is 1.38. The Kier molecular flexibility index (Phi) is 3.31. The van der Waals surface area contributed by atoms with Gasteiger partial charge in [-0.2, -0.15) is 5.10 Å². The van der Waals surface area contributed by atoms with Crippen LogP contribution in [-0.2, 0) is 13.5 Å². The predicted octanol–water partition coefficient (Wildman–Crippen LogP) is 0.913. The molecule has 2 aromatic rings. The zero-order valence-corrected chi connectivity index (χ0v) is 9.52. The van der Waals surface area contributed by atoms with Gasteiger partial charge in [-0.3, -0.25) is 9.67 Å². The van der Waals surface area contributed by atoms with Crippen LogP contribution in [0.15, 0.2) is 18.7 Å². The van der Waals surface area contributed by atoms with Gasteiger partial charge in [-0.05, 0) is 0 Å². The molecule has 0 saturated heterocycles. The van der Waals surface area contributed by atoms with Gasteiger partial charge in [0.25, 0.3) is 0 Å². The molecule has 0 aromatic carbocycles. The highest BCUT2D eigenvalue weighted by Gasteiger charge is 1.99. The summed E-state index contributed by atoms with van der Waals surface area (Å²) in [6.07, 6.45) is 5.52. The van der Waals surface area contributed by atoms with Gasteiger partial charge in [-0.25, -0.2) is 9.97 Å². The number of aromatic nitrogens is 5. The van der Waals surface area contributed by atoms with Gasteiger partial charge in [0.2, 0.25) is 0 Å². The number of hydrogen-bond acceptors (Lipinski definition) is 5. The molecule has 7 heteroatoms. The molecule has 2 rings (SSSR count). The Morgan fingerprint density at radius 2 is 2.31 bits per heavy atom. The van der Waals surface area contributed by atoms with Gasteiger partial charge in [0.05, 0.1) is 12.4 Å². The molecule has 0 bridgehead atoms. The second-order valence-electron chi connectivity index (χ2n) is 3.24. The number of aryl methyl sites for hydroxylation is 1. The molecule has 0 atom stereocenters. The standard InChI is InChI=1S/C9H11ClN6/c1-16-6-13-8(15-16)2-3-12-9-5-11-4-7(10)14-9/h4-6H,2-3H2,1H3,(H,12,14). The number of hydrogen-bond donors (Lipinski definition) is 1. The van der Waals surface area contributed by atoms with Crippen molar-refractivity contribution in [3.63, 3.8) is 0 Å². The second kappa shape index (κ2) is 4.89. The lowest BCUT2D eigenvalue weighted by Gasteiger charge is -2.02. The van der Waals surface area contributed by atoms with Crippen LogP contribution < -0.4 is 5.32 Å². The molecule has 84 valence electrons. The summed E-state index contributed by atoms with van der Waals surface area (Å²) >= 11 is 5.70. The Morgan fingerprint density at radius 1 is 1.44 bits per heavy atom. The van der Waals surface area contributed by atoms with Crippen molar-refractivity contribution in [2.45, 2.75) is 6.42 Å². The Balaban J connectivity index is 1.84. The summed E-state index contributed by atoms with van der Waals surface area (Å²) in [5.74, 6) is 1.45. The van der Waals surface area contributed by atoms with Crippen LogP contribution in [-0.4, -0.2) is 31.3 Å². The predicted molar refractivity (Wildman–Crippen MR) is 60.2 cm³/mol. The van der Waals surface area contributed by atoms with Crippen LogP contribution in [0, 0.1) is 0 Å². The molecule has 0 amide bonds. The van der Waals surface area contributed by atoms with E-state index < -0.39 is 0 Å². The van der Waals surface area contributed by atoms with Crippen molar-refractivity contribution < 1.29 is 0 Å². The molecule has 0 aliphatic heterocycles. The van der Waals surface area contributed by atoms with E-state index in [1.54, 1.807) is 17.2 Å². The van der Waals surface area contributed by atoms with Gasteiger partial charge >= 0.3 is 0 Å². The minimum atomic E-state index is 0.376. The van der Waals surface area contributed by atoms with E-state index in [0.29, 0.717) is 17.5 Å². The zero-order valence-electron chi connectivity index (χ0n) is 8.76. The smallest absolute Gasteiger partial charge is 0.152 e. The van der Waals surface area contributed by atoms with E-state index in [1.807, 2.05) is 7.05 Å². The maximum absolute atomic E-state index is 5.70. The van der Waals surface area contributed by atoms with E-state index in [4.69, 9.17) is 11.6 Å². The van der Waals surface area contributed by atoms with Crippen molar-refractivity contribution >= 4 is 17.4 Å². The Labute approximate surface area is 97.7 Å². The summed E-state index contributed by atoms with van der Waals surface area (Å²) in [7, 11) is 1.84. The first-order valence-corrected chi connectivity index (χ1v) is 5.18. The van der Waals surface area contributed by atoms with Crippen molar-refractivity contribution in [2.24, 2.45) is 7.05 Å². The van der Waals surface area contributed by atoms with Crippen molar-refractivity contribution in [3.8, 4) is 0 Å². The normalized spacial score (nSPS) is 10.4. The molecule has 2 aromatic heterocycles. The Hall–Kier alpha value is -1.69. The molecule has 0 radical (unpaired) electrons. The van der Waals surface area contributed by atoms with Gasteiger partial charge in [-0.15, -0.1) is 0 Å². The third-order valence-electron chi connectivity index (χ3n) is 1.91. The van der Waals surface area contributed by atoms with Crippen molar-refractivity contribution in [3.05, 3.63) is 29.7 Å². The maximum Gasteiger partial charge on any atom is 0.152 e. The van der Waals surface area contributed by atoms with Crippen LogP contribution in [0.1, 0.15) is 5.82 Å². The number of anilines is 1. The third kappa shape index (κ3) is 2.90. The first kappa shape index (κ1) is 10.8. The SMILES string of the molecule is Cn1cnc(CCNc2cncc(Cl)n2)n1. The summed E-state index contributed by atoms with van der Waals surface area (Å²) < 4.78 is 1.68. The van der Waals surface area contributed by atoms with Gasteiger partial charge in [0.15, 0.2) is 5.82 Å². The minimum Gasteiger partial charge on any atom is -0.368 e. The quantitative estimate of drug-likeness (QED) is 0.858. The topological polar surface area (TPSA) is 68.5 Å². The lowest BCUT2D eigenvalue weighted by atomic mass is 10.4. The molecule has 0 spiro atoms. The highest BCUT2D eigenvalue weighted by molar-refractivity contribution is 6.29. The van der Waals surface area contributed by atoms with Gasteiger partial charge in [0.1, 0.15) is 17.3 Å². The number of rotatable bonds is 4. The van der Waals surface area contributed by atoms with E-state index in [9.17, 15) is 0 Å². The Bertz CT molecular complexity index is 469. The fraction of sp³-hybridized carbons (Fsp3) is 0.333. The molecule has 0 saturated carbocycles. The van der Waals surface area contributed by atoms with Gasteiger partial charge < -0.3 is 5.32 Å². The molecule has 0 aliphatic rings. The fourth-order valence-electron chi connectivity index (χ4n) is 1.23. The van der Waals surface area contributed by atoms with Gasteiger partial charge in [-0.1, -0.05) is 11.6 Å². The van der Waals surface area contributed by atoms with E-state index in [-0.39, 0.29) is 0 Å². The zero-order chi connectivity index (χ0) is 11.4. The molecule has 16 heavy (non-hydrogen) atoms. The minimum absolute atomic E-state index is 0.376. The van der Waals surface area contributed by atoms with E-state index in [1.165, 1.54) is 6.20 Å². The average molecular weight is 239 g/mol. The molecule has 0 unspecified atom stereocenters. The van der Waals surface area contributed by atoms with E-state index in [0.717, 1.165) is 12.2 Å². The van der Waals surface area contributed by atoms with Crippen molar-refractivity contribution in [1.82, 2.24) is 24.7 Å². The first-order chi connectivity index (χ1) is 7.74. The lowest BCUT2D eigenvalue weighted by molar-refractivity contribution is 0.741. The van der Waals surface area contributed by atoms with Crippen LogP contribution in [0.4, 0.5) is 5.82 Å². The molecular formula is C9H11ClN6. The third-order valence-corrected chi connectivity index (χ3v) is 2.09. The second-order valence-corrected chi connectivity index (χ2v) is 3.63. The number of nitrogens with one attached hydrogen (secondary N) is 1. The molecule has 2 heterocycles. The van der Waals surface area contributed by atoms with E-state index >= 15 is 0 Å². The van der Waals surface area contributed by atoms with Crippen LogP contribution in [0.5, 0.6) is 0 Å².